The largest absolute Gasteiger partial charge is 0.478 e. The van der Waals surface area contributed by atoms with E-state index >= 15 is 0 Å². The normalized spacial score (nSPS) is 41.7. The van der Waals surface area contributed by atoms with Crippen LogP contribution in [-0.4, -0.2) is 90.3 Å². The zero-order chi connectivity index (χ0) is 21.1. The first-order valence-corrected chi connectivity index (χ1v) is 11.4. The Labute approximate surface area is 175 Å². The number of nitrogens with zero attached hydrogens (tertiary/aromatic N) is 2. The van der Waals surface area contributed by atoms with Crippen LogP contribution in [-0.2, 0) is 9.59 Å². The number of carboxylic acids is 2. The van der Waals surface area contributed by atoms with Crippen LogP contribution in [0.5, 0.6) is 0 Å². The van der Waals surface area contributed by atoms with E-state index < -0.39 is 33.6 Å². The zero-order valence-electron chi connectivity index (χ0n) is 17.0. The van der Waals surface area contributed by atoms with Gasteiger partial charge in [-0.3, -0.25) is 0 Å². The molecule has 4 N–H and O–H groups in total. The van der Waals surface area contributed by atoms with Crippen molar-refractivity contribution >= 4 is 23.7 Å². The molecule has 164 valence electrons. The Morgan fingerprint density at radius 2 is 1.00 bits per heavy atom. The summed E-state index contributed by atoms with van der Waals surface area (Å²) in [5.41, 5.74) is 0. The van der Waals surface area contributed by atoms with Gasteiger partial charge < -0.3 is 30.2 Å². The molecular formula is C20H32N2O6S. The lowest BCUT2D eigenvalue weighted by molar-refractivity contribution is -0.159. The van der Waals surface area contributed by atoms with Gasteiger partial charge in [0.1, 0.15) is 0 Å². The lowest BCUT2D eigenvalue weighted by Gasteiger charge is -2.46. The molecule has 0 aromatic carbocycles. The molecule has 4 rings (SSSR count). The van der Waals surface area contributed by atoms with Crippen molar-refractivity contribution in [3.8, 4) is 0 Å². The minimum absolute atomic E-state index is 0.197. The van der Waals surface area contributed by atoms with E-state index in [1.54, 1.807) is 0 Å². The minimum Gasteiger partial charge on any atom is -0.478 e. The maximum Gasteiger partial charge on any atom is 0.346 e. The summed E-state index contributed by atoms with van der Waals surface area (Å²) in [4.78, 5) is 24.3. The van der Waals surface area contributed by atoms with E-state index in [4.69, 9.17) is 0 Å². The van der Waals surface area contributed by atoms with E-state index in [-0.39, 0.29) is 24.2 Å². The number of thioether (sulfide) groups is 1. The van der Waals surface area contributed by atoms with Crippen LogP contribution in [0.25, 0.3) is 0 Å². The Bertz CT molecular complexity index is 610. The molecule has 4 aliphatic rings. The molecule has 0 aliphatic carbocycles. The van der Waals surface area contributed by atoms with Crippen molar-refractivity contribution in [1.29, 1.82) is 0 Å². The predicted octanol–water partition coefficient (Wildman–Crippen LogP) is 1.01. The van der Waals surface area contributed by atoms with Crippen molar-refractivity contribution in [2.45, 2.75) is 85.4 Å². The molecule has 4 heterocycles. The van der Waals surface area contributed by atoms with Gasteiger partial charge in [-0.1, -0.05) is 11.8 Å². The molecular weight excluding hydrogens is 396 g/mol. The van der Waals surface area contributed by atoms with Gasteiger partial charge in [0.05, 0.1) is 0 Å². The van der Waals surface area contributed by atoms with E-state index in [0.29, 0.717) is 37.4 Å². The van der Waals surface area contributed by atoms with E-state index in [9.17, 15) is 30.0 Å². The van der Waals surface area contributed by atoms with Crippen molar-refractivity contribution in [2.24, 2.45) is 11.8 Å². The van der Waals surface area contributed by atoms with Gasteiger partial charge in [0, 0.05) is 36.0 Å². The summed E-state index contributed by atoms with van der Waals surface area (Å²) in [7, 11) is 4.04. The Morgan fingerprint density at radius 1 is 0.724 bits per heavy atom. The number of carbonyl (C=O) groups is 2. The van der Waals surface area contributed by atoms with E-state index in [1.807, 2.05) is 14.1 Å². The highest BCUT2D eigenvalue weighted by molar-refractivity contribution is 8.03. The standard InChI is InChI=1S/C20H32N2O6S/c1-21-13-3-4-14(21)8-11(7-13)19(27,17(23)24)29-20(28,18(25)26)12-9-15-5-6-16(10-12)22(15)2/h11-16,27-28H,3-10H2,1-2H3,(H,23,24)(H,25,26)/t11?,12?,13-,14+,15-,16+,19?,20?. The summed E-state index contributed by atoms with van der Waals surface area (Å²) in [6, 6.07) is 0.786. The second-order valence-electron chi connectivity index (χ2n) is 9.54. The summed E-state index contributed by atoms with van der Waals surface area (Å²) >= 11 is 0.365. The number of fused-ring (bicyclic) bond motifs is 4. The summed E-state index contributed by atoms with van der Waals surface area (Å²) < 4.78 is 0. The molecule has 4 bridgehead atoms. The molecule has 4 unspecified atom stereocenters. The lowest BCUT2D eigenvalue weighted by Crippen LogP contribution is -2.57. The van der Waals surface area contributed by atoms with Crippen LogP contribution < -0.4 is 0 Å². The van der Waals surface area contributed by atoms with Crippen molar-refractivity contribution in [2.75, 3.05) is 14.1 Å². The summed E-state index contributed by atoms with van der Waals surface area (Å²) in [6.45, 7) is 0. The Balaban J connectivity index is 1.60. The second-order valence-corrected chi connectivity index (χ2v) is 11.0. The average molecular weight is 429 g/mol. The molecule has 9 heteroatoms. The quantitative estimate of drug-likeness (QED) is 0.459. The van der Waals surface area contributed by atoms with Crippen LogP contribution in [0.4, 0.5) is 0 Å². The number of piperidine rings is 2. The Kier molecular flexibility index (Phi) is 5.43. The highest BCUT2D eigenvalue weighted by Gasteiger charge is 2.60. The number of rotatable bonds is 6. The number of aliphatic hydroxyl groups is 2. The second kappa shape index (κ2) is 7.37. The molecule has 4 saturated heterocycles. The summed E-state index contributed by atoms with van der Waals surface area (Å²) in [5.74, 6) is -4.08. The first-order valence-electron chi connectivity index (χ1n) is 10.6. The van der Waals surface area contributed by atoms with Gasteiger partial charge in [0.25, 0.3) is 0 Å². The van der Waals surface area contributed by atoms with Crippen LogP contribution in [0.1, 0.15) is 51.4 Å². The van der Waals surface area contributed by atoms with Crippen LogP contribution in [0.3, 0.4) is 0 Å². The van der Waals surface area contributed by atoms with Crippen molar-refractivity contribution in [1.82, 2.24) is 9.80 Å². The van der Waals surface area contributed by atoms with Crippen LogP contribution in [0, 0.1) is 11.8 Å². The molecule has 4 aliphatic heterocycles. The fourth-order valence-corrected chi connectivity index (χ4v) is 7.67. The number of carboxylic acid groups (broad SMARTS) is 2. The lowest BCUT2D eigenvalue weighted by atomic mass is 9.85. The maximum absolute atomic E-state index is 12.2. The minimum atomic E-state index is -2.32. The average Bonchev–Trinajstić information content (AvgIpc) is 3.00. The van der Waals surface area contributed by atoms with E-state index in [1.165, 1.54) is 0 Å². The molecule has 29 heavy (non-hydrogen) atoms. The van der Waals surface area contributed by atoms with Crippen molar-refractivity contribution in [3.63, 3.8) is 0 Å². The summed E-state index contributed by atoms with van der Waals surface area (Å²) in [5, 5.41) is 42.5. The van der Waals surface area contributed by atoms with Gasteiger partial charge in [-0.2, -0.15) is 0 Å². The number of aliphatic carboxylic acids is 2. The first kappa shape index (κ1) is 21.4. The van der Waals surface area contributed by atoms with Gasteiger partial charge in [-0.05, 0) is 65.5 Å². The van der Waals surface area contributed by atoms with E-state index in [2.05, 4.69) is 9.80 Å². The Morgan fingerprint density at radius 3 is 1.24 bits per heavy atom. The highest BCUT2D eigenvalue weighted by Crippen LogP contribution is 2.53. The van der Waals surface area contributed by atoms with Crippen molar-refractivity contribution in [3.05, 3.63) is 0 Å². The van der Waals surface area contributed by atoms with Crippen LogP contribution in [0.2, 0.25) is 0 Å². The SMILES string of the molecule is CN1[C@@H]2CC[C@H]1CC(C(O)(SC(O)(C(=O)O)C1C[C@H]3CC[C@@H](C1)N3C)C(=O)O)C2. The molecule has 0 saturated carbocycles. The first-order chi connectivity index (χ1) is 13.6. The van der Waals surface area contributed by atoms with Crippen molar-refractivity contribution < 1.29 is 30.0 Å². The molecule has 8 atom stereocenters. The molecule has 0 aromatic heterocycles. The highest BCUT2D eigenvalue weighted by atomic mass is 32.2. The molecule has 0 spiro atoms. The zero-order valence-corrected chi connectivity index (χ0v) is 17.8. The molecule has 4 fully saturated rings. The molecule has 0 aromatic rings. The molecule has 0 radical (unpaired) electrons. The molecule has 0 amide bonds. The fourth-order valence-electron chi connectivity index (χ4n) is 6.30. The predicted molar refractivity (Wildman–Crippen MR) is 107 cm³/mol. The number of hydrogen-bond donors (Lipinski definition) is 4. The number of hydrogen-bond acceptors (Lipinski definition) is 7. The van der Waals surface area contributed by atoms with Gasteiger partial charge in [0.2, 0.25) is 9.87 Å². The molecule has 8 nitrogen and oxygen atoms in total. The van der Waals surface area contributed by atoms with Crippen LogP contribution >= 0.6 is 11.8 Å². The van der Waals surface area contributed by atoms with Gasteiger partial charge >= 0.3 is 11.9 Å². The summed E-state index contributed by atoms with van der Waals surface area (Å²) in [6.07, 6.45) is 5.82. The Hall–Kier alpha value is -0.870. The third kappa shape index (κ3) is 3.39. The van der Waals surface area contributed by atoms with Crippen LogP contribution in [0.15, 0.2) is 0 Å². The third-order valence-electron chi connectivity index (χ3n) is 8.23. The topological polar surface area (TPSA) is 122 Å². The smallest absolute Gasteiger partial charge is 0.346 e. The fraction of sp³-hybridized carbons (Fsp3) is 0.900. The van der Waals surface area contributed by atoms with E-state index in [0.717, 1.165) is 25.7 Å². The van der Waals surface area contributed by atoms with Gasteiger partial charge in [-0.25, -0.2) is 9.59 Å². The maximum atomic E-state index is 12.2. The third-order valence-corrected chi connectivity index (χ3v) is 9.87. The monoisotopic (exact) mass is 428 g/mol. The van der Waals surface area contributed by atoms with Gasteiger partial charge in [0.15, 0.2) is 0 Å². The van der Waals surface area contributed by atoms with Gasteiger partial charge in [-0.15, -0.1) is 0 Å².